The van der Waals surface area contributed by atoms with Gasteiger partial charge in [-0.25, -0.2) is 9.97 Å². The Labute approximate surface area is 189 Å². The van der Waals surface area contributed by atoms with Gasteiger partial charge in [-0.3, -0.25) is 4.98 Å². The normalized spacial score (nSPS) is 16.5. The Bertz CT molecular complexity index is 1160. The third kappa shape index (κ3) is 4.06. The lowest BCUT2D eigenvalue weighted by molar-refractivity contribution is 0.283. The van der Waals surface area contributed by atoms with E-state index < -0.39 is 0 Å². The van der Waals surface area contributed by atoms with Crippen LogP contribution in [-0.2, 0) is 32.5 Å². The van der Waals surface area contributed by atoms with Gasteiger partial charge in [0.05, 0.1) is 17.6 Å². The quantitative estimate of drug-likeness (QED) is 0.681. The van der Waals surface area contributed by atoms with E-state index in [0.717, 1.165) is 61.5 Å². The summed E-state index contributed by atoms with van der Waals surface area (Å²) in [6, 6.07) is 6.46. The predicted molar refractivity (Wildman–Crippen MR) is 125 cm³/mol. The van der Waals surface area contributed by atoms with Crippen LogP contribution in [0.2, 0.25) is 0 Å². The van der Waals surface area contributed by atoms with Crippen molar-refractivity contribution in [2.24, 2.45) is 0 Å². The highest BCUT2D eigenvalue weighted by Gasteiger charge is 2.19. The van der Waals surface area contributed by atoms with Crippen molar-refractivity contribution in [2.75, 3.05) is 32.9 Å². The van der Waals surface area contributed by atoms with E-state index in [2.05, 4.69) is 52.9 Å². The van der Waals surface area contributed by atoms with Crippen LogP contribution in [0, 0.1) is 6.92 Å². The lowest BCUT2D eigenvalue weighted by Gasteiger charge is -2.27. The maximum Gasteiger partial charge on any atom is 0.258 e. The van der Waals surface area contributed by atoms with Gasteiger partial charge in [0.2, 0.25) is 0 Å². The molecule has 0 aliphatic carbocycles. The van der Waals surface area contributed by atoms with Gasteiger partial charge in [0.25, 0.3) is 5.88 Å². The van der Waals surface area contributed by atoms with Gasteiger partial charge in [-0.05, 0) is 79.9 Å². The van der Waals surface area contributed by atoms with Gasteiger partial charge < -0.3 is 20.3 Å². The van der Waals surface area contributed by atoms with Crippen LogP contribution < -0.4 is 10.5 Å². The molecular formula is C25H30N6O. The maximum absolute atomic E-state index is 6.12. The fourth-order valence-electron chi connectivity index (χ4n) is 4.78. The van der Waals surface area contributed by atoms with E-state index in [1.165, 1.54) is 22.3 Å². The average molecular weight is 431 g/mol. The minimum Gasteiger partial charge on any atom is -0.470 e. The molecular weight excluding hydrogens is 400 g/mol. The second-order valence-electron chi connectivity index (χ2n) is 9.04. The van der Waals surface area contributed by atoms with Crippen molar-refractivity contribution in [3.8, 4) is 17.1 Å². The van der Waals surface area contributed by atoms with Crippen molar-refractivity contribution >= 4 is 5.82 Å². The van der Waals surface area contributed by atoms with E-state index in [9.17, 15) is 0 Å². The molecule has 0 radical (unpaired) electrons. The fourth-order valence-corrected chi connectivity index (χ4v) is 4.78. The Hall–Kier alpha value is -3.03. The van der Waals surface area contributed by atoms with Gasteiger partial charge in [-0.1, -0.05) is 0 Å². The summed E-state index contributed by atoms with van der Waals surface area (Å²) in [5.74, 6) is 0.694. The molecule has 3 aromatic rings. The number of aromatic nitrogens is 3. The van der Waals surface area contributed by atoms with Crippen molar-refractivity contribution in [3.05, 3.63) is 64.1 Å². The smallest absolute Gasteiger partial charge is 0.258 e. The van der Waals surface area contributed by atoms with Crippen molar-refractivity contribution in [1.82, 2.24) is 24.8 Å². The number of hydrogen-bond donors (Lipinski definition) is 1. The molecule has 2 aromatic heterocycles. The number of aryl methyl sites for hydroxylation is 1. The van der Waals surface area contributed by atoms with Crippen LogP contribution in [-0.4, -0.2) is 51.9 Å². The zero-order valence-electron chi connectivity index (χ0n) is 19.1. The first kappa shape index (κ1) is 20.8. The monoisotopic (exact) mass is 430 g/mol. The largest absolute Gasteiger partial charge is 0.470 e. The zero-order chi connectivity index (χ0) is 22.2. The first-order chi connectivity index (χ1) is 15.5. The third-order valence-corrected chi connectivity index (χ3v) is 6.58. The van der Waals surface area contributed by atoms with Gasteiger partial charge in [0.1, 0.15) is 6.61 Å². The van der Waals surface area contributed by atoms with Crippen LogP contribution in [0.3, 0.4) is 0 Å². The van der Waals surface area contributed by atoms with Crippen molar-refractivity contribution < 1.29 is 4.74 Å². The molecule has 0 fully saturated rings. The summed E-state index contributed by atoms with van der Waals surface area (Å²) in [6.45, 7) is 6.54. The molecule has 2 aliphatic heterocycles. The fraction of sp³-hybridized carbons (Fsp3) is 0.400. The van der Waals surface area contributed by atoms with E-state index in [4.69, 9.17) is 15.5 Å². The van der Waals surface area contributed by atoms with Crippen LogP contribution in [0.5, 0.6) is 5.88 Å². The summed E-state index contributed by atoms with van der Waals surface area (Å²) in [6.07, 6.45) is 5.66. The standard InChI is InChI=1S/C25H30N6O/c1-16-10-18(11-19-13-30(2)8-5-20(16)19)22-12-28-24(26)25(29-22)32-15-17-4-7-27-23-14-31(3)9-6-21(17)23/h4,7,10-12H,5-6,8-9,13-15H2,1-3H3,(H2,26,28). The molecule has 0 unspecified atom stereocenters. The number of benzene rings is 1. The number of nitrogens with two attached hydrogens (primary N) is 1. The molecule has 7 heteroatoms. The number of likely N-dealkylation sites (N-methyl/N-ethyl adjacent to an activating group) is 2. The molecule has 0 amide bonds. The first-order valence-electron chi connectivity index (χ1n) is 11.2. The number of rotatable bonds is 4. The molecule has 7 nitrogen and oxygen atoms in total. The number of ether oxygens (including phenoxy) is 1. The number of nitrogen functional groups attached to an aromatic ring is 1. The number of anilines is 1. The van der Waals surface area contributed by atoms with Crippen LogP contribution in [0.1, 0.15) is 33.5 Å². The summed E-state index contributed by atoms with van der Waals surface area (Å²) >= 11 is 0. The van der Waals surface area contributed by atoms with E-state index in [1.54, 1.807) is 6.20 Å². The molecule has 32 heavy (non-hydrogen) atoms. The van der Waals surface area contributed by atoms with E-state index in [0.29, 0.717) is 18.3 Å². The highest BCUT2D eigenvalue weighted by Crippen LogP contribution is 2.30. The summed E-state index contributed by atoms with van der Waals surface area (Å²) in [5.41, 5.74) is 15.6. The molecule has 2 N–H and O–H groups in total. The number of pyridine rings is 1. The molecule has 4 heterocycles. The minimum atomic E-state index is 0.311. The van der Waals surface area contributed by atoms with Gasteiger partial charge in [-0.15, -0.1) is 0 Å². The number of hydrogen-bond acceptors (Lipinski definition) is 7. The van der Waals surface area contributed by atoms with Crippen molar-refractivity contribution in [2.45, 2.75) is 39.5 Å². The van der Waals surface area contributed by atoms with Gasteiger partial charge in [0, 0.05) is 37.9 Å². The van der Waals surface area contributed by atoms with Gasteiger partial charge in [-0.2, -0.15) is 0 Å². The predicted octanol–water partition coefficient (Wildman–Crippen LogP) is 2.98. The molecule has 0 saturated carbocycles. The van der Waals surface area contributed by atoms with Crippen LogP contribution in [0.4, 0.5) is 5.82 Å². The Morgan fingerprint density at radius 1 is 1.03 bits per heavy atom. The molecule has 0 atom stereocenters. The Morgan fingerprint density at radius 3 is 2.66 bits per heavy atom. The van der Waals surface area contributed by atoms with Crippen LogP contribution in [0.15, 0.2) is 30.6 Å². The third-order valence-electron chi connectivity index (χ3n) is 6.58. The SMILES string of the molecule is Cc1cc(-c2cnc(N)c(OCc3ccnc4c3CCN(C)C4)n2)cc2c1CCN(C)C2. The van der Waals surface area contributed by atoms with Crippen molar-refractivity contribution in [3.63, 3.8) is 0 Å². The zero-order valence-corrected chi connectivity index (χ0v) is 19.1. The molecule has 1 aromatic carbocycles. The molecule has 0 bridgehead atoms. The topological polar surface area (TPSA) is 80.4 Å². The molecule has 0 spiro atoms. The number of nitrogens with zero attached hydrogens (tertiary/aromatic N) is 5. The summed E-state index contributed by atoms with van der Waals surface area (Å²) in [4.78, 5) is 18.3. The van der Waals surface area contributed by atoms with Gasteiger partial charge >= 0.3 is 0 Å². The Morgan fingerprint density at radius 2 is 1.81 bits per heavy atom. The summed E-state index contributed by atoms with van der Waals surface area (Å²) in [5, 5.41) is 0. The Kier molecular flexibility index (Phi) is 5.53. The second kappa shape index (κ2) is 8.48. The highest BCUT2D eigenvalue weighted by molar-refractivity contribution is 5.64. The minimum absolute atomic E-state index is 0.311. The van der Waals surface area contributed by atoms with Gasteiger partial charge in [0.15, 0.2) is 5.82 Å². The molecule has 0 saturated heterocycles. The maximum atomic E-state index is 6.12. The lowest BCUT2D eigenvalue weighted by Crippen LogP contribution is -2.28. The Balaban J connectivity index is 1.41. The number of fused-ring (bicyclic) bond motifs is 2. The van der Waals surface area contributed by atoms with E-state index >= 15 is 0 Å². The van der Waals surface area contributed by atoms with Crippen LogP contribution in [0.25, 0.3) is 11.3 Å². The second-order valence-corrected chi connectivity index (χ2v) is 9.04. The van der Waals surface area contributed by atoms with Crippen molar-refractivity contribution in [1.29, 1.82) is 0 Å². The average Bonchev–Trinajstić information content (AvgIpc) is 2.78. The summed E-state index contributed by atoms with van der Waals surface area (Å²) in [7, 11) is 4.28. The lowest BCUT2D eigenvalue weighted by atomic mass is 9.92. The first-order valence-corrected chi connectivity index (χ1v) is 11.2. The van der Waals surface area contributed by atoms with E-state index in [1.807, 2.05) is 12.3 Å². The molecule has 2 aliphatic rings. The molecule has 5 rings (SSSR count). The molecule has 166 valence electrons. The van der Waals surface area contributed by atoms with E-state index in [-0.39, 0.29) is 0 Å². The van der Waals surface area contributed by atoms with Crippen LogP contribution >= 0.6 is 0 Å². The summed E-state index contributed by atoms with van der Waals surface area (Å²) < 4.78 is 6.09. The highest BCUT2D eigenvalue weighted by atomic mass is 16.5.